The SMILES string of the molecule is [N-]=[N+]=NCC(N)c1cc(F)cc(Cl)c1. The number of hydrogen-bond donors (Lipinski definition) is 1. The van der Waals surface area contributed by atoms with Gasteiger partial charge >= 0.3 is 0 Å². The van der Waals surface area contributed by atoms with Crippen LogP contribution in [0.5, 0.6) is 0 Å². The lowest BCUT2D eigenvalue weighted by Crippen LogP contribution is -2.13. The van der Waals surface area contributed by atoms with Crippen LogP contribution in [0.3, 0.4) is 0 Å². The summed E-state index contributed by atoms with van der Waals surface area (Å²) in [5.41, 5.74) is 14.2. The van der Waals surface area contributed by atoms with Crippen LogP contribution in [0.4, 0.5) is 4.39 Å². The van der Waals surface area contributed by atoms with E-state index in [-0.39, 0.29) is 11.6 Å². The Kier molecular flexibility index (Phi) is 3.71. The van der Waals surface area contributed by atoms with Crippen LogP contribution in [0.25, 0.3) is 10.4 Å². The second-order valence-electron chi connectivity index (χ2n) is 2.72. The molecular weight excluding hydrogens is 207 g/mol. The van der Waals surface area contributed by atoms with Crippen molar-refractivity contribution >= 4 is 11.6 Å². The van der Waals surface area contributed by atoms with E-state index in [2.05, 4.69) is 10.0 Å². The lowest BCUT2D eigenvalue weighted by atomic mass is 10.1. The molecule has 0 saturated heterocycles. The molecule has 0 aliphatic heterocycles. The Morgan fingerprint density at radius 2 is 2.29 bits per heavy atom. The summed E-state index contributed by atoms with van der Waals surface area (Å²) in [6.45, 7) is 0.0796. The lowest BCUT2D eigenvalue weighted by Gasteiger charge is -2.08. The van der Waals surface area contributed by atoms with E-state index in [0.29, 0.717) is 5.56 Å². The van der Waals surface area contributed by atoms with E-state index in [0.717, 1.165) is 0 Å². The Labute approximate surface area is 85.1 Å². The molecule has 1 aromatic rings. The number of nitrogens with two attached hydrogens (primary N) is 1. The first-order valence-corrected chi connectivity index (χ1v) is 4.23. The molecule has 0 heterocycles. The molecule has 1 unspecified atom stereocenters. The molecule has 1 atom stereocenters. The van der Waals surface area contributed by atoms with Crippen molar-refractivity contribution in [1.29, 1.82) is 0 Å². The van der Waals surface area contributed by atoms with Gasteiger partial charge in [0.15, 0.2) is 0 Å². The van der Waals surface area contributed by atoms with Crippen LogP contribution in [0, 0.1) is 5.82 Å². The highest BCUT2D eigenvalue weighted by Gasteiger charge is 2.07. The van der Waals surface area contributed by atoms with Crippen molar-refractivity contribution in [3.05, 3.63) is 45.0 Å². The predicted molar refractivity (Wildman–Crippen MR) is 52.4 cm³/mol. The van der Waals surface area contributed by atoms with Gasteiger partial charge in [-0.25, -0.2) is 4.39 Å². The average Bonchev–Trinajstić information content (AvgIpc) is 2.12. The van der Waals surface area contributed by atoms with Gasteiger partial charge < -0.3 is 5.73 Å². The molecule has 0 amide bonds. The van der Waals surface area contributed by atoms with Gasteiger partial charge in [-0.2, -0.15) is 0 Å². The zero-order chi connectivity index (χ0) is 10.6. The minimum absolute atomic E-state index is 0.0796. The number of azide groups is 1. The van der Waals surface area contributed by atoms with Crippen LogP contribution in [0.15, 0.2) is 23.3 Å². The maximum atomic E-state index is 12.9. The maximum absolute atomic E-state index is 12.9. The van der Waals surface area contributed by atoms with Crippen LogP contribution in [-0.2, 0) is 0 Å². The van der Waals surface area contributed by atoms with Gasteiger partial charge in [-0.15, -0.1) is 0 Å². The topological polar surface area (TPSA) is 74.8 Å². The molecule has 0 radical (unpaired) electrons. The van der Waals surface area contributed by atoms with Gasteiger partial charge in [-0.05, 0) is 29.3 Å². The first kappa shape index (κ1) is 10.8. The second-order valence-corrected chi connectivity index (χ2v) is 3.16. The third-order valence-electron chi connectivity index (χ3n) is 1.65. The predicted octanol–water partition coefficient (Wildman–Crippen LogP) is 2.79. The number of nitrogens with zero attached hydrogens (tertiary/aromatic N) is 3. The van der Waals surface area contributed by atoms with E-state index in [1.165, 1.54) is 12.1 Å². The standard InChI is InChI=1S/C8H8ClFN4/c9-6-1-5(2-7(10)3-6)8(11)4-13-14-12/h1-3,8H,4,11H2. The lowest BCUT2D eigenvalue weighted by molar-refractivity contribution is 0.620. The third kappa shape index (κ3) is 2.88. The summed E-state index contributed by atoms with van der Waals surface area (Å²) in [6.07, 6.45) is 0. The Hall–Kier alpha value is -1.29. The fourth-order valence-corrected chi connectivity index (χ4v) is 1.25. The largest absolute Gasteiger partial charge is 0.324 e. The third-order valence-corrected chi connectivity index (χ3v) is 1.87. The van der Waals surface area contributed by atoms with Crippen molar-refractivity contribution in [2.24, 2.45) is 10.8 Å². The van der Waals surface area contributed by atoms with E-state index in [1.54, 1.807) is 6.07 Å². The summed E-state index contributed by atoms with van der Waals surface area (Å²) in [5.74, 6) is -0.455. The van der Waals surface area contributed by atoms with Crippen molar-refractivity contribution in [1.82, 2.24) is 0 Å². The van der Waals surface area contributed by atoms with Crippen molar-refractivity contribution in [3.8, 4) is 0 Å². The summed E-state index contributed by atoms with van der Waals surface area (Å²) in [4.78, 5) is 2.56. The van der Waals surface area contributed by atoms with Gasteiger partial charge in [-0.1, -0.05) is 16.7 Å². The van der Waals surface area contributed by atoms with Crippen LogP contribution in [0.2, 0.25) is 5.02 Å². The molecule has 0 fully saturated rings. The molecule has 14 heavy (non-hydrogen) atoms. The fraction of sp³-hybridized carbons (Fsp3) is 0.250. The van der Waals surface area contributed by atoms with Crippen molar-refractivity contribution in [2.75, 3.05) is 6.54 Å². The zero-order valence-electron chi connectivity index (χ0n) is 7.19. The smallest absolute Gasteiger partial charge is 0.125 e. The monoisotopic (exact) mass is 214 g/mol. The first-order valence-electron chi connectivity index (χ1n) is 3.86. The summed E-state index contributed by atoms with van der Waals surface area (Å²) < 4.78 is 12.9. The normalized spacial score (nSPS) is 11.9. The number of benzene rings is 1. The van der Waals surface area contributed by atoms with E-state index in [4.69, 9.17) is 22.9 Å². The van der Waals surface area contributed by atoms with E-state index >= 15 is 0 Å². The van der Waals surface area contributed by atoms with E-state index < -0.39 is 11.9 Å². The molecule has 0 saturated carbocycles. The minimum Gasteiger partial charge on any atom is -0.324 e. The summed E-state index contributed by atoms with van der Waals surface area (Å²) >= 11 is 5.63. The summed E-state index contributed by atoms with van der Waals surface area (Å²) in [5, 5.41) is 3.57. The quantitative estimate of drug-likeness (QED) is 0.469. The molecule has 0 aliphatic carbocycles. The summed E-state index contributed by atoms with van der Waals surface area (Å²) in [7, 11) is 0. The van der Waals surface area contributed by atoms with Crippen molar-refractivity contribution < 1.29 is 4.39 Å². The zero-order valence-corrected chi connectivity index (χ0v) is 7.95. The molecule has 6 heteroatoms. The Balaban J connectivity index is 2.88. The van der Waals surface area contributed by atoms with E-state index in [9.17, 15) is 4.39 Å². The number of rotatable bonds is 3. The second kappa shape index (κ2) is 4.81. The number of halogens is 2. The van der Waals surface area contributed by atoms with Crippen molar-refractivity contribution in [2.45, 2.75) is 6.04 Å². The van der Waals surface area contributed by atoms with Gasteiger partial charge in [0.1, 0.15) is 5.82 Å². The first-order chi connectivity index (χ1) is 6.63. The molecule has 0 aromatic heterocycles. The minimum atomic E-state index is -0.529. The highest BCUT2D eigenvalue weighted by molar-refractivity contribution is 6.30. The van der Waals surface area contributed by atoms with Gasteiger partial charge in [0, 0.05) is 22.5 Å². The number of hydrogen-bond acceptors (Lipinski definition) is 2. The molecule has 0 spiro atoms. The van der Waals surface area contributed by atoms with E-state index in [1.807, 2.05) is 0 Å². The molecule has 74 valence electrons. The Morgan fingerprint density at radius 1 is 1.57 bits per heavy atom. The molecule has 4 nitrogen and oxygen atoms in total. The maximum Gasteiger partial charge on any atom is 0.125 e. The van der Waals surface area contributed by atoms with Crippen LogP contribution in [0.1, 0.15) is 11.6 Å². The highest BCUT2D eigenvalue weighted by atomic mass is 35.5. The molecule has 1 aromatic carbocycles. The van der Waals surface area contributed by atoms with Gasteiger partial charge in [0.25, 0.3) is 0 Å². The van der Waals surface area contributed by atoms with Crippen LogP contribution < -0.4 is 5.73 Å². The van der Waals surface area contributed by atoms with Crippen LogP contribution >= 0.6 is 11.6 Å². The fourth-order valence-electron chi connectivity index (χ4n) is 1.02. The molecule has 0 aliphatic rings. The summed E-state index contributed by atoms with van der Waals surface area (Å²) in [6, 6.07) is 3.47. The average molecular weight is 215 g/mol. The van der Waals surface area contributed by atoms with Gasteiger partial charge in [0.2, 0.25) is 0 Å². The van der Waals surface area contributed by atoms with Gasteiger partial charge in [0.05, 0.1) is 0 Å². The Morgan fingerprint density at radius 3 is 2.86 bits per heavy atom. The Bertz CT molecular complexity index is 355. The molecular formula is C8H8ClFN4. The highest BCUT2D eigenvalue weighted by Crippen LogP contribution is 2.18. The van der Waals surface area contributed by atoms with Crippen LogP contribution in [-0.4, -0.2) is 6.54 Å². The molecule has 2 N–H and O–H groups in total. The van der Waals surface area contributed by atoms with Crippen molar-refractivity contribution in [3.63, 3.8) is 0 Å². The molecule has 0 bridgehead atoms. The molecule has 1 rings (SSSR count). The van der Waals surface area contributed by atoms with Gasteiger partial charge in [-0.3, -0.25) is 0 Å².